The van der Waals surface area contributed by atoms with Crippen molar-refractivity contribution in [3.8, 4) is 17.2 Å². The van der Waals surface area contributed by atoms with E-state index in [2.05, 4.69) is 5.32 Å². The number of hydrogen-bond acceptors (Lipinski definition) is 7. The van der Waals surface area contributed by atoms with Gasteiger partial charge >= 0.3 is 0 Å². The number of nitrogens with zero attached hydrogens (tertiary/aromatic N) is 1. The van der Waals surface area contributed by atoms with Crippen molar-refractivity contribution in [2.75, 3.05) is 51.4 Å². The lowest BCUT2D eigenvalue weighted by atomic mass is 10.2. The van der Waals surface area contributed by atoms with Crippen molar-refractivity contribution in [1.82, 2.24) is 4.31 Å². The average Bonchev–Trinajstić information content (AvgIpc) is 3.04. The van der Waals surface area contributed by atoms with Crippen LogP contribution in [0, 0.1) is 0 Å². The van der Waals surface area contributed by atoms with Crippen LogP contribution in [0.15, 0.2) is 47.4 Å². The summed E-state index contributed by atoms with van der Waals surface area (Å²) in [6, 6.07) is 11.2. The maximum absolute atomic E-state index is 12.6. The number of sulfonamides is 1. The Morgan fingerprint density at radius 3 is 2.42 bits per heavy atom. The number of carbonyl (C=O) groups excluding carboxylic acids is 1. The first-order chi connectivity index (χ1) is 15.0. The Balaban J connectivity index is 1.32. The molecule has 166 valence electrons. The predicted octanol–water partition coefficient (Wildman–Crippen LogP) is 1.89. The Hall–Kier alpha value is -2.82. The fourth-order valence-electron chi connectivity index (χ4n) is 3.23. The van der Waals surface area contributed by atoms with Gasteiger partial charge in [-0.3, -0.25) is 4.79 Å². The first kappa shape index (κ1) is 21.4. The lowest BCUT2D eigenvalue weighted by Gasteiger charge is -2.26. The standard InChI is InChI=1S/C21H24N2O7S/c24-21(22-16-2-7-19-20(14-16)29-11-1-10-28-19)15-30-17-3-5-18(6-4-17)31(25,26)23-8-12-27-13-9-23/h2-7,14H,1,8-13,15H2,(H,22,24). The summed E-state index contributed by atoms with van der Waals surface area (Å²) in [5.41, 5.74) is 0.574. The molecule has 1 saturated heterocycles. The van der Waals surface area contributed by atoms with E-state index in [0.29, 0.717) is 62.5 Å². The van der Waals surface area contributed by atoms with Gasteiger partial charge in [-0.15, -0.1) is 0 Å². The molecule has 0 atom stereocenters. The molecule has 31 heavy (non-hydrogen) atoms. The van der Waals surface area contributed by atoms with Crippen molar-refractivity contribution in [2.24, 2.45) is 0 Å². The van der Waals surface area contributed by atoms with Crippen LogP contribution in [0.25, 0.3) is 0 Å². The molecule has 2 aromatic carbocycles. The molecule has 1 amide bonds. The van der Waals surface area contributed by atoms with Gasteiger partial charge in [0.15, 0.2) is 18.1 Å². The maximum atomic E-state index is 12.6. The smallest absolute Gasteiger partial charge is 0.262 e. The molecule has 1 fully saturated rings. The normalized spacial score (nSPS) is 16.9. The molecule has 0 unspecified atom stereocenters. The molecule has 2 aliphatic heterocycles. The van der Waals surface area contributed by atoms with Crippen molar-refractivity contribution in [1.29, 1.82) is 0 Å². The summed E-state index contributed by atoms with van der Waals surface area (Å²) >= 11 is 0. The minimum atomic E-state index is -3.56. The van der Waals surface area contributed by atoms with Crippen LogP contribution in [0.1, 0.15) is 6.42 Å². The fraction of sp³-hybridized carbons (Fsp3) is 0.381. The van der Waals surface area contributed by atoms with Crippen molar-refractivity contribution in [2.45, 2.75) is 11.3 Å². The van der Waals surface area contributed by atoms with Crippen molar-refractivity contribution in [3.63, 3.8) is 0 Å². The molecule has 9 nitrogen and oxygen atoms in total. The van der Waals surface area contributed by atoms with E-state index in [4.69, 9.17) is 18.9 Å². The molecule has 2 heterocycles. The minimum Gasteiger partial charge on any atom is -0.490 e. The van der Waals surface area contributed by atoms with Crippen LogP contribution in [-0.2, 0) is 19.6 Å². The van der Waals surface area contributed by atoms with Crippen LogP contribution < -0.4 is 19.5 Å². The molecule has 4 rings (SSSR count). The van der Waals surface area contributed by atoms with Gasteiger partial charge in [0.2, 0.25) is 10.0 Å². The number of nitrogens with one attached hydrogen (secondary N) is 1. The molecular formula is C21H24N2O7S. The first-order valence-electron chi connectivity index (χ1n) is 10.0. The number of anilines is 1. The zero-order valence-electron chi connectivity index (χ0n) is 16.9. The third-order valence-electron chi connectivity index (χ3n) is 4.83. The number of ether oxygens (including phenoxy) is 4. The maximum Gasteiger partial charge on any atom is 0.262 e. The van der Waals surface area contributed by atoms with Crippen LogP contribution in [0.2, 0.25) is 0 Å². The Kier molecular flexibility index (Phi) is 6.59. The lowest BCUT2D eigenvalue weighted by Crippen LogP contribution is -2.40. The van der Waals surface area contributed by atoms with Gasteiger partial charge in [-0.2, -0.15) is 4.31 Å². The van der Waals surface area contributed by atoms with Crippen LogP contribution in [-0.4, -0.2) is 64.8 Å². The number of amides is 1. The molecule has 0 aliphatic carbocycles. The summed E-state index contributed by atoms with van der Waals surface area (Å²) in [5, 5.41) is 2.75. The highest BCUT2D eigenvalue weighted by molar-refractivity contribution is 7.89. The molecule has 2 aromatic rings. The summed E-state index contributed by atoms with van der Waals surface area (Å²) in [6.07, 6.45) is 0.802. The summed E-state index contributed by atoms with van der Waals surface area (Å²) < 4.78 is 48.6. The van der Waals surface area contributed by atoms with Crippen LogP contribution in [0.3, 0.4) is 0 Å². The van der Waals surface area contributed by atoms with Gasteiger partial charge < -0.3 is 24.3 Å². The number of carbonyl (C=O) groups is 1. The second-order valence-corrected chi connectivity index (χ2v) is 8.97. The highest BCUT2D eigenvalue weighted by Gasteiger charge is 2.26. The SMILES string of the molecule is O=C(COc1ccc(S(=O)(=O)N2CCOCC2)cc1)Nc1ccc2c(c1)OCCCO2. The van der Waals surface area contributed by atoms with Crippen LogP contribution in [0.4, 0.5) is 5.69 Å². The van der Waals surface area contributed by atoms with E-state index in [1.54, 1.807) is 18.2 Å². The Bertz CT molecular complexity index is 1020. The number of hydrogen-bond donors (Lipinski definition) is 1. The number of benzene rings is 2. The van der Waals surface area contributed by atoms with Gasteiger partial charge in [-0.1, -0.05) is 0 Å². The summed E-state index contributed by atoms with van der Waals surface area (Å²) in [6.45, 7) is 2.38. The van der Waals surface area contributed by atoms with Gasteiger partial charge in [0.1, 0.15) is 5.75 Å². The highest BCUT2D eigenvalue weighted by Crippen LogP contribution is 2.32. The van der Waals surface area contributed by atoms with Gasteiger partial charge in [0, 0.05) is 31.3 Å². The molecule has 0 saturated carbocycles. The van der Waals surface area contributed by atoms with E-state index >= 15 is 0 Å². The topological polar surface area (TPSA) is 103 Å². The Morgan fingerprint density at radius 2 is 1.68 bits per heavy atom. The average molecular weight is 448 g/mol. The Morgan fingerprint density at radius 1 is 0.968 bits per heavy atom. The lowest BCUT2D eigenvalue weighted by molar-refractivity contribution is -0.118. The van der Waals surface area contributed by atoms with Gasteiger partial charge in [0.05, 0.1) is 31.3 Å². The second kappa shape index (κ2) is 9.54. The monoisotopic (exact) mass is 448 g/mol. The van der Waals surface area contributed by atoms with Crippen molar-refractivity contribution in [3.05, 3.63) is 42.5 Å². The zero-order valence-corrected chi connectivity index (χ0v) is 17.7. The zero-order chi connectivity index (χ0) is 21.7. The molecule has 0 radical (unpaired) electrons. The third kappa shape index (κ3) is 5.27. The van der Waals surface area contributed by atoms with Gasteiger partial charge in [-0.25, -0.2) is 8.42 Å². The third-order valence-corrected chi connectivity index (χ3v) is 6.75. The molecule has 2 aliphatic rings. The van der Waals surface area contributed by atoms with E-state index < -0.39 is 10.0 Å². The summed E-state index contributed by atoms with van der Waals surface area (Å²) in [7, 11) is -3.56. The molecule has 0 spiro atoms. The van der Waals surface area contributed by atoms with E-state index in [-0.39, 0.29) is 17.4 Å². The molecule has 1 N–H and O–H groups in total. The van der Waals surface area contributed by atoms with Crippen molar-refractivity contribution < 1.29 is 32.2 Å². The van der Waals surface area contributed by atoms with E-state index in [0.717, 1.165) is 6.42 Å². The fourth-order valence-corrected chi connectivity index (χ4v) is 4.64. The second-order valence-electron chi connectivity index (χ2n) is 7.04. The number of morpholine rings is 1. The Labute approximate surface area is 180 Å². The van der Waals surface area contributed by atoms with E-state index in [9.17, 15) is 13.2 Å². The van der Waals surface area contributed by atoms with Gasteiger partial charge in [-0.05, 0) is 36.4 Å². The predicted molar refractivity (Wildman–Crippen MR) is 112 cm³/mol. The van der Waals surface area contributed by atoms with E-state index in [1.165, 1.54) is 28.6 Å². The number of rotatable bonds is 6. The molecule has 0 aromatic heterocycles. The minimum absolute atomic E-state index is 0.179. The van der Waals surface area contributed by atoms with Crippen molar-refractivity contribution >= 4 is 21.6 Å². The first-order valence-corrected chi connectivity index (χ1v) is 11.5. The van der Waals surface area contributed by atoms with E-state index in [1.807, 2.05) is 0 Å². The summed E-state index contributed by atoms with van der Waals surface area (Å²) in [4.78, 5) is 12.4. The van der Waals surface area contributed by atoms with Crippen LogP contribution in [0.5, 0.6) is 17.2 Å². The summed E-state index contributed by atoms with van der Waals surface area (Å²) in [5.74, 6) is 1.29. The molecule has 10 heteroatoms. The number of fused-ring (bicyclic) bond motifs is 1. The molecule has 0 bridgehead atoms. The quantitative estimate of drug-likeness (QED) is 0.720. The highest BCUT2D eigenvalue weighted by atomic mass is 32.2. The largest absolute Gasteiger partial charge is 0.490 e. The van der Waals surface area contributed by atoms with Gasteiger partial charge in [0.25, 0.3) is 5.91 Å². The molecular weight excluding hydrogens is 424 g/mol. The van der Waals surface area contributed by atoms with Crippen LogP contribution >= 0.6 is 0 Å².